The molecule has 0 spiro atoms. The third kappa shape index (κ3) is 4.03. The van der Waals surface area contributed by atoms with Crippen LogP contribution >= 0.6 is 0 Å². The van der Waals surface area contributed by atoms with Crippen LogP contribution in [0.25, 0.3) is 0 Å². The molecule has 0 bridgehead atoms. The lowest BCUT2D eigenvalue weighted by molar-refractivity contribution is 0.0453. The fraction of sp³-hybridized carbons (Fsp3) is 0.462. The van der Waals surface area contributed by atoms with Crippen LogP contribution in [0.5, 0.6) is 0 Å². The van der Waals surface area contributed by atoms with E-state index in [-0.39, 0.29) is 23.3 Å². The van der Waals surface area contributed by atoms with E-state index in [1.807, 2.05) is 0 Å². The van der Waals surface area contributed by atoms with Gasteiger partial charge in [0.25, 0.3) is 0 Å². The Morgan fingerprint density at radius 3 is 2.65 bits per heavy atom. The molecule has 7 heteroatoms. The van der Waals surface area contributed by atoms with Crippen LogP contribution in [0, 0.1) is 5.92 Å². The quantitative estimate of drug-likeness (QED) is 0.712. The highest BCUT2D eigenvalue weighted by Crippen LogP contribution is 2.26. The van der Waals surface area contributed by atoms with E-state index in [1.165, 1.54) is 18.2 Å². The number of rotatable bonds is 6. The van der Waals surface area contributed by atoms with Crippen LogP contribution < -0.4 is 4.72 Å². The van der Waals surface area contributed by atoms with E-state index in [9.17, 15) is 13.2 Å². The fourth-order valence-corrected chi connectivity index (χ4v) is 3.39. The molecule has 20 heavy (non-hydrogen) atoms. The lowest BCUT2D eigenvalue weighted by Crippen LogP contribution is -2.38. The Hall–Kier alpha value is -1.44. The van der Waals surface area contributed by atoms with Crippen LogP contribution in [0.15, 0.2) is 24.3 Å². The summed E-state index contributed by atoms with van der Waals surface area (Å²) in [6.45, 7) is 0.317. The van der Waals surface area contributed by atoms with E-state index in [1.54, 1.807) is 6.07 Å². The molecule has 0 atom stereocenters. The molecule has 3 N–H and O–H groups in total. The van der Waals surface area contributed by atoms with E-state index in [2.05, 4.69) is 4.72 Å². The molecule has 1 aliphatic carbocycles. The van der Waals surface area contributed by atoms with Gasteiger partial charge in [-0.1, -0.05) is 12.1 Å². The van der Waals surface area contributed by atoms with Crippen molar-refractivity contribution in [2.45, 2.75) is 24.7 Å². The second-order valence-corrected chi connectivity index (χ2v) is 6.91. The molecular weight excluding hydrogens is 282 g/mol. The van der Waals surface area contributed by atoms with Crippen LogP contribution in [0.2, 0.25) is 0 Å². The van der Waals surface area contributed by atoms with Gasteiger partial charge in [0.1, 0.15) is 0 Å². The molecule has 0 heterocycles. The molecule has 0 saturated heterocycles. The first-order valence-corrected chi connectivity index (χ1v) is 7.98. The number of carboxylic acids is 1. The summed E-state index contributed by atoms with van der Waals surface area (Å²) in [6, 6.07) is 5.88. The maximum Gasteiger partial charge on any atom is 0.335 e. The van der Waals surface area contributed by atoms with Crippen molar-refractivity contribution in [1.29, 1.82) is 0 Å². The summed E-state index contributed by atoms with van der Waals surface area (Å²) < 4.78 is 26.3. The predicted molar refractivity (Wildman–Crippen MR) is 72.8 cm³/mol. The van der Waals surface area contributed by atoms with E-state index >= 15 is 0 Å². The molecule has 0 amide bonds. The topological polar surface area (TPSA) is 104 Å². The van der Waals surface area contributed by atoms with E-state index in [0.717, 1.165) is 0 Å². The zero-order chi connectivity index (χ0) is 14.8. The summed E-state index contributed by atoms with van der Waals surface area (Å²) in [5.74, 6) is -1.14. The van der Waals surface area contributed by atoms with Crippen molar-refractivity contribution >= 4 is 16.0 Å². The summed E-state index contributed by atoms with van der Waals surface area (Å²) in [5, 5.41) is 18.0. The van der Waals surface area contributed by atoms with E-state index in [4.69, 9.17) is 10.2 Å². The Bertz CT molecular complexity index is 593. The van der Waals surface area contributed by atoms with Crippen molar-refractivity contribution in [1.82, 2.24) is 4.72 Å². The Morgan fingerprint density at radius 1 is 1.35 bits per heavy atom. The standard InChI is InChI=1S/C13H17NO5S/c15-12-5-10(6-12)7-14-20(18,19)8-9-2-1-3-11(4-9)13(16)17/h1-4,10,12,14-15H,5-8H2,(H,16,17). The molecule has 6 nitrogen and oxygen atoms in total. The number of carboxylic acid groups (broad SMARTS) is 1. The zero-order valence-corrected chi connectivity index (χ0v) is 11.6. The molecule has 1 fully saturated rings. The largest absolute Gasteiger partial charge is 0.478 e. The van der Waals surface area contributed by atoms with Gasteiger partial charge in [-0.25, -0.2) is 17.9 Å². The van der Waals surface area contributed by atoms with Gasteiger partial charge in [0.2, 0.25) is 10.0 Å². The third-order valence-corrected chi connectivity index (χ3v) is 4.65. The van der Waals surface area contributed by atoms with Gasteiger partial charge in [-0.2, -0.15) is 0 Å². The minimum Gasteiger partial charge on any atom is -0.478 e. The molecule has 1 aromatic rings. The van der Waals surface area contributed by atoms with Crippen molar-refractivity contribution in [3.63, 3.8) is 0 Å². The molecule has 110 valence electrons. The van der Waals surface area contributed by atoms with E-state index in [0.29, 0.717) is 24.9 Å². The smallest absolute Gasteiger partial charge is 0.335 e. The lowest BCUT2D eigenvalue weighted by Gasteiger charge is -2.31. The Balaban J connectivity index is 1.93. The van der Waals surface area contributed by atoms with Crippen LogP contribution in [0.1, 0.15) is 28.8 Å². The minimum atomic E-state index is -3.49. The summed E-state index contributed by atoms with van der Waals surface area (Å²) >= 11 is 0. The number of hydrogen-bond acceptors (Lipinski definition) is 4. The number of aliphatic hydroxyl groups excluding tert-OH is 1. The fourth-order valence-electron chi connectivity index (χ4n) is 2.18. The van der Waals surface area contributed by atoms with Gasteiger partial charge in [-0.05, 0) is 36.5 Å². The van der Waals surface area contributed by atoms with Crippen molar-refractivity contribution in [3.05, 3.63) is 35.4 Å². The minimum absolute atomic E-state index is 0.0693. The molecule has 1 saturated carbocycles. The first-order chi connectivity index (χ1) is 9.35. The maximum absolute atomic E-state index is 11.9. The lowest BCUT2D eigenvalue weighted by atomic mass is 9.83. The molecule has 0 aromatic heterocycles. The number of aromatic carboxylic acids is 1. The van der Waals surface area contributed by atoms with Crippen molar-refractivity contribution in [3.8, 4) is 0 Å². The Morgan fingerprint density at radius 2 is 2.05 bits per heavy atom. The average Bonchev–Trinajstić information content (AvgIpc) is 2.33. The van der Waals surface area contributed by atoms with Gasteiger partial charge in [0.05, 0.1) is 17.4 Å². The SMILES string of the molecule is O=C(O)c1cccc(CS(=O)(=O)NCC2CC(O)C2)c1. The predicted octanol–water partition coefficient (Wildman–Crippen LogP) is 0.575. The van der Waals surface area contributed by atoms with Crippen molar-refractivity contribution in [2.24, 2.45) is 5.92 Å². The number of benzene rings is 1. The maximum atomic E-state index is 11.9. The molecule has 1 aromatic carbocycles. The first-order valence-electron chi connectivity index (χ1n) is 6.33. The van der Waals surface area contributed by atoms with Crippen LogP contribution in [-0.4, -0.2) is 37.2 Å². The second-order valence-electron chi connectivity index (χ2n) is 5.10. The second kappa shape index (κ2) is 5.90. The van der Waals surface area contributed by atoms with E-state index < -0.39 is 16.0 Å². The number of sulfonamides is 1. The third-order valence-electron chi connectivity index (χ3n) is 3.33. The van der Waals surface area contributed by atoms with Crippen LogP contribution in [0.4, 0.5) is 0 Å². The molecular formula is C13H17NO5S. The highest BCUT2D eigenvalue weighted by atomic mass is 32.2. The van der Waals surface area contributed by atoms with Crippen LogP contribution in [0.3, 0.4) is 0 Å². The van der Waals surface area contributed by atoms with Gasteiger partial charge in [-0.15, -0.1) is 0 Å². The van der Waals surface area contributed by atoms with Crippen molar-refractivity contribution in [2.75, 3.05) is 6.54 Å². The zero-order valence-electron chi connectivity index (χ0n) is 10.8. The number of nitrogens with one attached hydrogen (secondary N) is 1. The molecule has 2 rings (SSSR count). The van der Waals surface area contributed by atoms with Crippen LogP contribution in [-0.2, 0) is 15.8 Å². The molecule has 0 aliphatic heterocycles. The number of hydrogen-bond donors (Lipinski definition) is 3. The summed E-state index contributed by atoms with van der Waals surface area (Å²) in [6.07, 6.45) is 0.936. The normalized spacial score (nSPS) is 22.2. The number of carbonyl (C=O) groups is 1. The average molecular weight is 299 g/mol. The van der Waals surface area contributed by atoms with Crippen molar-refractivity contribution < 1.29 is 23.4 Å². The molecule has 0 radical (unpaired) electrons. The molecule has 0 unspecified atom stereocenters. The number of aliphatic hydroxyl groups is 1. The van der Waals surface area contributed by atoms with Gasteiger partial charge >= 0.3 is 5.97 Å². The monoisotopic (exact) mass is 299 g/mol. The summed E-state index contributed by atoms with van der Waals surface area (Å²) in [5.41, 5.74) is 0.505. The van der Waals surface area contributed by atoms with Gasteiger partial charge in [0, 0.05) is 6.54 Å². The van der Waals surface area contributed by atoms with Gasteiger partial charge in [0.15, 0.2) is 0 Å². The Kier molecular flexibility index (Phi) is 4.42. The highest BCUT2D eigenvalue weighted by molar-refractivity contribution is 7.88. The summed E-state index contributed by atoms with van der Waals surface area (Å²) in [4.78, 5) is 10.8. The Labute approximate surface area is 117 Å². The van der Waals surface area contributed by atoms with Gasteiger partial charge in [-0.3, -0.25) is 0 Å². The first kappa shape index (κ1) is 15.0. The highest BCUT2D eigenvalue weighted by Gasteiger charge is 2.28. The molecule has 1 aliphatic rings. The van der Waals surface area contributed by atoms with Gasteiger partial charge < -0.3 is 10.2 Å². The summed E-state index contributed by atoms with van der Waals surface area (Å²) in [7, 11) is -3.49.